The van der Waals surface area contributed by atoms with Crippen LogP contribution in [0.5, 0.6) is 0 Å². The molecule has 0 aromatic heterocycles. The summed E-state index contributed by atoms with van der Waals surface area (Å²) in [7, 11) is -11.0. The molecule has 2 heterocycles. The maximum absolute atomic E-state index is 12.9. The first-order valence-corrected chi connectivity index (χ1v) is 18.9. The van der Waals surface area contributed by atoms with E-state index in [2.05, 4.69) is 24.6 Å². The second-order valence-corrected chi connectivity index (χ2v) is 13.6. The van der Waals surface area contributed by atoms with Crippen molar-refractivity contribution in [3.05, 3.63) is 0 Å². The zero-order valence-corrected chi connectivity index (χ0v) is 30.2. The van der Waals surface area contributed by atoms with Gasteiger partial charge in [0.05, 0.1) is 52.3 Å². The molecule has 0 bridgehead atoms. The molecular weight excluding hydrogens is 802 g/mol. The first-order chi connectivity index (χ1) is 25.9. The van der Waals surface area contributed by atoms with Gasteiger partial charge in [-0.25, -0.2) is 9.13 Å². The quantitative estimate of drug-likeness (QED) is 0.0142. The van der Waals surface area contributed by atoms with Gasteiger partial charge in [0.15, 0.2) is 24.8 Å². The third-order valence-corrected chi connectivity index (χ3v) is 8.28. The molecule has 0 saturated carbocycles. The number of amides is 2. The van der Waals surface area contributed by atoms with E-state index in [1.807, 2.05) is 0 Å². The topological polar surface area (TPSA) is 406 Å². The fourth-order valence-electron chi connectivity index (χ4n) is 5.06. The minimum Gasteiger partial charge on any atom is -0.467 e. The van der Waals surface area contributed by atoms with Crippen LogP contribution in [0.1, 0.15) is 25.7 Å². The van der Waals surface area contributed by atoms with E-state index in [0.717, 1.165) is 0 Å². The maximum atomic E-state index is 12.9. The summed E-state index contributed by atoms with van der Waals surface area (Å²) in [6.45, 7) is -4.62. The number of phosphoric ester groups is 2. The summed E-state index contributed by atoms with van der Waals surface area (Å²) in [4.78, 5) is 110. The summed E-state index contributed by atoms with van der Waals surface area (Å²) < 4.78 is 69.5. The highest BCUT2D eigenvalue weighted by atomic mass is 31.2. The number of hydrogen-bond donors (Lipinski definition) is 10. The average molecular weight is 845 g/mol. The molecule has 2 saturated heterocycles. The van der Waals surface area contributed by atoms with Crippen LogP contribution < -0.4 is 10.6 Å². The molecule has 27 nitrogen and oxygen atoms in total. The number of aliphatic hydroxyl groups excluding tert-OH is 4. The number of phosphoric acid groups is 2. The van der Waals surface area contributed by atoms with Crippen molar-refractivity contribution in [2.75, 3.05) is 39.6 Å². The van der Waals surface area contributed by atoms with Gasteiger partial charge in [0.1, 0.15) is 43.1 Å². The van der Waals surface area contributed by atoms with Gasteiger partial charge in [0.25, 0.3) is 12.9 Å². The van der Waals surface area contributed by atoms with Crippen LogP contribution in [0.3, 0.4) is 0 Å². The zero-order chi connectivity index (χ0) is 41.3. The van der Waals surface area contributed by atoms with Crippen LogP contribution in [0, 0.1) is 0 Å². The molecule has 55 heavy (non-hydrogen) atoms. The Hall–Kier alpha value is -3.24. The molecule has 0 unspecified atom stereocenters. The summed E-state index contributed by atoms with van der Waals surface area (Å²) in [5, 5.41) is 44.1. The molecule has 2 amide bonds. The molecule has 0 radical (unpaired) electrons. The lowest BCUT2D eigenvalue weighted by atomic mass is 9.95. The van der Waals surface area contributed by atoms with Crippen LogP contribution in [-0.2, 0) is 80.1 Å². The lowest BCUT2D eigenvalue weighted by Crippen LogP contribution is -2.68. The van der Waals surface area contributed by atoms with Crippen molar-refractivity contribution >= 4 is 52.3 Å². The van der Waals surface area contributed by atoms with Crippen molar-refractivity contribution in [2.24, 2.45) is 0 Å². The monoisotopic (exact) mass is 844 g/mol. The Morgan fingerprint density at radius 1 is 0.655 bits per heavy atom. The third kappa shape index (κ3) is 16.4. The summed E-state index contributed by atoms with van der Waals surface area (Å²) in [6.07, 6.45) is -18.6. The second kappa shape index (κ2) is 23.1. The molecule has 10 N–H and O–H groups in total. The number of rotatable bonds is 24. The van der Waals surface area contributed by atoms with Gasteiger partial charge in [-0.15, -0.1) is 0 Å². The highest BCUT2D eigenvalue weighted by molar-refractivity contribution is 7.46. The van der Waals surface area contributed by atoms with Crippen LogP contribution in [0.25, 0.3) is 0 Å². The minimum atomic E-state index is -5.52. The minimum absolute atomic E-state index is 0.00181. The van der Waals surface area contributed by atoms with Crippen molar-refractivity contribution < 1.29 is 120 Å². The lowest BCUT2D eigenvalue weighted by Gasteiger charge is -2.46. The van der Waals surface area contributed by atoms with Crippen LogP contribution in [-0.4, -0.2) is 178 Å². The van der Waals surface area contributed by atoms with Crippen LogP contribution in [0.2, 0.25) is 0 Å². The summed E-state index contributed by atoms with van der Waals surface area (Å²) >= 11 is 0. The van der Waals surface area contributed by atoms with Crippen molar-refractivity contribution in [3.8, 4) is 0 Å². The second-order valence-electron chi connectivity index (χ2n) is 11.2. The van der Waals surface area contributed by atoms with Gasteiger partial charge in [-0.05, 0) is 0 Å². The highest BCUT2D eigenvalue weighted by Gasteiger charge is 2.54. The SMILES string of the molecule is O=COCCC(=O)N[C@H]1[C@H](OC[C@H]2O[C@H](OP(=O)(O)O)[C@H](NC(=O)CCO)[C@@H](OC(=O)CCO)[C@@H]2O)O[C@H](CO)[C@@H](OP(=O)(O)O)[C@@H]1OC(=O)CCOC=O. The van der Waals surface area contributed by atoms with E-state index >= 15 is 0 Å². The Morgan fingerprint density at radius 3 is 1.71 bits per heavy atom. The molecule has 0 aromatic carbocycles. The Bertz CT molecular complexity index is 1380. The van der Waals surface area contributed by atoms with Crippen molar-refractivity contribution in [3.63, 3.8) is 0 Å². The molecule has 2 aliphatic heterocycles. The molecule has 10 atom stereocenters. The van der Waals surface area contributed by atoms with Gasteiger partial charge < -0.3 is 83.8 Å². The summed E-state index contributed by atoms with van der Waals surface area (Å²) in [6, 6.07) is -3.76. The Kier molecular flexibility index (Phi) is 20.1. The number of nitrogens with one attached hydrogen (secondary N) is 2. The van der Waals surface area contributed by atoms with Crippen LogP contribution in [0.15, 0.2) is 0 Å². The van der Waals surface area contributed by atoms with Crippen molar-refractivity contribution in [1.29, 1.82) is 0 Å². The predicted molar refractivity (Wildman–Crippen MR) is 167 cm³/mol. The average Bonchev–Trinajstić information content (AvgIpc) is 3.08. The van der Waals surface area contributed by atoms with E-state index in [1.165, 1.54) is 0 Å². The molecule has 0 aromatic rings. The molecule has 0 spiro atoms. The molecule has 316 valence electrons. The number of aliphatic hydroxyl groups is 4. The zero-order valence-electron chi connectivity index (χ0n) is 28.4. The van der Waals surface area contributed by atoms with Crippen molar-refractivity contribution in [1.82, 2.24) is 10.6 Å². The molecular formula is C26H42N2O25P2. The third-order valence-electron chi connectivity index (χ3n) is 7.28. The van der Waals surface area contributed by atoms with Gasteiger partial charge in [0, 0.05) is 6.42 Å². The van der Waals surface area contributed by atoms with E-state index in [-0.39, 0.29) is 12.9 Å². The van der Waals surface area contributed by atoms with Crippen molar-refractivity contribution in [2.45, 2.75) is 87.0 Å². The predicted octanol–water partition coefficient (Wildman–Crippen LogP) is -5.92. The molecule has 2 rings (SSSR count). The van der Waals surface area contributed by atoms with Crippen LogP contribution >= 0.6 is 15.6 Å². The van der Waals surface area contributed by atoms with E-state index in [1.54, 1.807) is 0 Å². The number of ether oxygens (including phenoxy) is 7. The fourth-order valence-corrected chi connectivity index (χ4v) is 6.08. The van der Waals surface area contributed by atoms with E-state index in [9.17, 15) is 72.8 Å². The lowest BCUT2D eigenvalue weighted by molar-refractivity contribution is -0.296. The van der Waals surface area contributed by atoms with E-state index in [0.29, 0.717) is 0 Å². The molecule has 2 fully saturated rings. The Labute approximate surface area is 309 Å². The van der Waals surface area contributed by atoms with E-state index in [4.69, 9.17) is 33.3 Å². The normalized spacial score (nSPS) is 28.3. The van der Waals surface area contributed by atoms with Gasteiger partial charge in [-0.1, -0.05) is 0 Å². The number of hydrogen-bond acceptors (Lipinski definition) is 21. The van der Waals surface area contributed by atoms with Gasteiger partial charge in [-0.2, -0.15) is 0 Å². The summed E-state index contributed by atoms with van der Waals surface area (Å²) in [5.74, 6) is -4.38. The number of esters is 2. The Morgan fingerprint density at radius 2 is 1.16 bits per heavy atom. The standard InChI is InChI=1S/C26H42N2O25P2/c29-5-1-15(34)27-19-23(50-17(36)2-6-30)21(38)14(49-26(19)53-55(42,43)44)10-47-25-20(28-16(35)3-7-45-11-32)24(51-18(37)4-8-46-12-33)22(13(9-31)48-25)52-54(39,40)41/h11-14,19-26,29-31,38H,1-10H2,(H,27,34)(H,28,35)(H2,39,40,41)(H2,42,43,44)/t13-,14-,19-,20-,21-,22-,23-,24-,25-,26-/m1/s1. The fraction of sp³-hybridized carbons (Fsp3) is 0.769. The maximum Gasteiger partial charge on any atom is 0.472 e. The number of carbonyl (C=O) groups excluding carboxylic acids is 6. The van der Waals surface area contributed by atoms with Gasteiger partial charge in [-0.3, -0.25) is 37.8 Å². The first-order valence-electron chi connectivity index (χ1n) is 15.9. The van der Waals surface area contributed by atoms with Crippen LogP contribution in [0.4, 0.5) is 0 Å². The first kappa shape index (κ1) is 47.9. The number of carbonyl (C=O) groups is 6. The highest BCUT2D eigenvalue weighted by Crippen LogP contribution is 2.43. The molecule has 2 aliphatic rings. The smallest absolute Gasteiger partial charge is 0.467 e. The Balaban J connectivity index is 2.57. The molecule has 29 heteroatoms. The van der Waals surface area contributed by atoms with Gasteiger partial charge >= 0.3 is 27.6 Å². The van der Waals surface area contributed by atoms with E-state index < -0.39 is 166 Å². The molecule has 0 aliphatic carbocycles. The summed E-state index contributed by atoms with van der Waals surface area (Å²) in [5.41, 5.74) is 0. The largest absolute Gasteiger partial charge is 0.472 e. The van der Waals surface area contributed by atoms with Gasteiger partial charge in [0.2, 0.25) is 11.8 Å².